The largest absolute Gasteiger partial charge is 0.444 e. The lowest BCUT2D eigenvalue weighted by atomic mass is 10.2. The van der Waals surface area contributed by atoms with Gasteiger partial charge in [-0.1, -0.05) is 23.7 Å². The van der Waals surface area contributed by atoms with Gasteiger partial charge in [-0.3, -0.25) is 0 Å². The Bertz CT molecular complexity index is 398. The molecule has 0 amide bonds. The molecule has 0 radical (unpaired) electrons. The van der Waals surface area contributed by atoms with Gasteiger partial charge in [-0.2, -0.15) is 4.79 Å². The molecule has 72 valence electrons. The molecule has 0 spiro atoms. The van der Waals surface area contributed by atoms with Crippen LogP contribution < -0.4 is 4.74 Å². The molecule has 1 aromatic carbocycles. The number of hydrogen-bond donors (Lipinski definition) is 0. The summed E-state index contributed by atoms with van der Waals surface area (Å²) in [5.41, 5.74) is 10.1. The number of ether oxygens (including phenoxy) is 1. The average molecular weight is 229 g/mol. The van der Waals surface area contributed by atoms with Crippen molar-refractivity contribution in [1.82, 2.24) is 0 Å². The van der Waals surface area contributed by atoms with E-state index >= 15 is 0 Å². The quantitative estimate of drug-likeness (QED) is 0.340. The van der Waals surface area contributed by atoms with Crippen molar-refractivity contribution in [3.63, 3.8) is 0 Å². The third-order valence-electron chi connectivity index (χ3n) is 1.41. The fourth-order valence-corrected chi connectivity index (χ4v) is 0.997. The van der Waals surface area contributed by atoms with Gasteiger partial charge < -0.3 is 10.3 Å². The number of benzene rings is 1. The van der Waals surface area contributed by atoms with Crippen molar-refractivity contribution >= 4 is 29.4 Å². The van der Waals surface area contributed by atoms with E-state index in [1.54, 1.807) is 24.3 Å². The van der Waals surface area contributed by atoms with E-state index in [9.17, 15) is 0 Å². The van der Waals surface area contributed by atoms with Crippen LogP contribution in [0.4, 0.5) is 0 Å². The van der Waals surface area contributed by atoms with E-state index < -0.39 is 0 Å². The molecule has 0 aromatic heterocycles. The highest BCUT2D eigenvalue weighted by Gasteiger charge is 2.04. The van der Waals surface area contributed by atoms with E-state index in [1.165, 1.54) is 6.21 Å². The maximum atomic E-state index is 8.38. The summed E-state index contributed by atoms with van der Waals surface area (Å²) >= 11 is 10.9. The van der Waals surface area contributed by atoms with Gasteiger partial charge in [0.15, 0.2) is 0 Å². The molecule has 0 N–H and O–H groups in total. The number of nitrogens with zero attached hydrogens (tertiary/aromatic N) is 2. The van der Waals surface area contributed by atoms with E-state index in [-0.39, 0.29) is 5.22 Å². The summed E-state index contributed by atoms with van der Waals surface area (Å²) in [6.45, 7) is 0. The predicted molar refractivity (Wildman–Crippen MR) is 55.6 cm³/mol. The Morgan fingerprint density at radius 2 is 2.14 bits per heavy atom. The third-order valence-corrected chi connectivity index (χ3v) is 1.91. The first-order valence-corrected chi connectivity index (χ1v) is 4.49. The topological polar surface area (TPSA) is 45.6 Å². The summed E-state index contributed by atoms with van der Waals surface area (Å²) in [6.07, 6.45) is 1.24. The Hall–Kier alpha value is -1.28. The molecule has 0 unspecified atom stereocenters. The highest BCUT2D eigenvalue weighted by molar-refractivity contribution is 6.35. The van der Waals surface area contributed by atoms with Crippen LogP contribution in [-0.2, 0) is 0 Å². The molecule has 1 aromatic rings. The number of halogens is 2. The Labute approximate surface area is 91.1 Å². The van der Waals surface area contributed by atoms with Crippen LogP contribution >= 0.6 is 23.2 Å². The predicted octanol–water partition coefficient (Wildman–Crippen LogP) is 2.99. The number of para-hydroxylation sites is 1. The molecule has 14 heavy (non-hydrogen) atoms. The minimum absolute atomic E-state index is 0.0467. The maximum absolute atomic E-state index is 8.38. The fourth-order valence-electron chi connectivity index (χ4n) is 0.870. The van der Waals surface area contributed by atoms with Crippen LogP contribution in [0.3, 0.4) is 0 Å². The summed E-state index contributed by atoms with van der Waals surface area (Å²) in [6, 6.07) is 6.94. The molecule has 5 heteroatoms. The Morgan fingerprint density at radius 3 is 2.79 bits per heavy atom. The molecule has 0 bridgehead atoms. The van der Waals surface area contributed by atoms with Crippen molar-refractivity contribution in [1.29, 1.82) is 0 Å². The van der Waals surface area contributed by atoms with Crippen LogP contribution in [0, 0.1) is 0 Å². The Kier molecular flexibility index (Phi) is 4.20. The van der Waals surface area contributed by atoms with E-state index in [0.717, 1.165) is 5.54 Å². The van der Waals surface area contributed by atoms with Crippen LogP contribution in [0.2, 0.25) is 0 Å². The van der Waals surface area contributed by atoms with Gasteiger partial charge in [0.25, 0.3) is 6.21 Å². The first-order valence-electron chi connectivity index (χ1n) is 3.68. The fraction of sp³-hybridized carbons (Fsp3) is 0. The van der Waals surface area contributed by atoms with Crippen LogP contribution in [0.5, 0.6) is 5.75 Å². The van der Waals surface area contributed by atoms with Gasteiger partial charge in [0.1, 0.15) is 5.75 Å². The molecule has 0 saturated heterocycles. The second-order valence-corrected chi connectivity index (χ2v) is 2.89. The molecular formula is C9H6Cl2N2O. The molecular weight excluding hydrogens is 223 g/mol. The van der Waals surface area contributed by atoms with E-state index in [0.29, 0.717) is 11.3 Å². The van der Waals surface area contributed by atoms with Gasteiger partial charge in [-0.05, 0) is 23.7 Å². The number of rotatable bonds is 3. The van der Waals surface area contributed by atoms with Gasteiger partial charge in [0.05, 0.1) is 11.1 Å². The lowest BCUT2D eigenvalue weighted by molar-refractivity contribution is 0.00445. The average Bonchev–Trinajstić information content (AvgIpc) is 2.21. The summed E-state index contributed by atoms with van der Waals surface area (Å²) in [5, 5.41) is 0.0467. The lowest BCUT2D eigenvalue weighted by Crippen LogP contribution is -1.92. The van der Waals surface area contributed by atoms with Gasteiger partial charge >= 0.3 is 0 Å². The van der Waals surface area contributed by atoms with Gasteiger partial charge in [-0.15, -0.1) is 0 Å². The van der Waals surface area contributed by atoms with Crippen LogP contribution in [0.15, 0.2) is 35.0 Å². The number of hydrogen-bond acceptors (Lipinski definition) is 1. The Morgan fingerprint density at radius 1 is 1.43 bits per heavy atom. The van der Waals surface area contributed by atoms with E-state index in [4.69, 9.17) is 33.5 Å². The van der Waals surface area contributed by atoms with Gasteiger partial charge in [-0.25, -0.2) is 0 Å². The normalized spacial score (nSPS) is 10.6. The van der Waals surface area contributed by atoms with Crippen molar-refractivity contribution in [2.24, 2.45) is 0 Å². The second kappa shape index (κ2) is 5.45. The summed E-state index contributed by atoms with van der Waals surface area (Å²) in [5.74, 6) is 0.465. The Balaban J connectivity index is 3.01. The van der Waals surface area contributed by atoms with Gasteiger partial charge in [0, 0.05) is 0 Å². The molecule has 0 saturated carbocycles. The standard InChI is InChI=1S/C9H6Cl2N2O/c10-5-9(11)14-8-4-2-1-3-7(8)6-13-12/h1-6H/b9-5-. The summed E-state index contributed by atoms with van der Waals surface area (Å²) in [4.78, 5) is 2.90. The molecule has 0 aliphatic heterocycles. The van der Waals surface area contributed by atoms with Crippen molar-refractivity contribution in [2.75, 3.05) is 0 Å². The highest BCUT2D eigenvalue weighted by atomic mass is 35.5. The van der Waals surface area contributed by atoms with Crippen molar-refractivity contribution in [2.45, 2.75) is 0 Å². The first-order chi connectivity index (χ1) is 6.77. The van der Waals surface area contributed by atoms with Crippen molar-refractivity contribution in [3.8, 4) is 5.75 Å². The minimum Gasteiger partial charge on any atom is -0.444 e. The zero-order chi connectivity index (χ0) is 10.4. The maximum Gasteiger partial charge on any atom is 0.291 e. The zero-order valence-electron chi connectivity index (χ0n) is 7.02. The molecule has 0 fully saturated rings. The zero-order valence-corrected chi connectivity index (χ0v) is 8.53. The monoisotopic (exact) mass is 228 g/mol. The van der Waals surface area contributed by atoms with Crippen LogP contribution in [0.25, 0.3) is 5.53 Å². The third kappa shape index (κ3) is 2.89. The summed E-state index contributed by atoms with van der Waals surface area (Å²) < 4.78 is 5.14. The molecule has 3 nitrogen and oxygen atoms in total. The molecule has 0 aliphatic carbocycles. The summed E-state index contributed by atoms with van der Waals surface area (Å²) in [7, 11) is 0. The smallest absolute Gasteiger partial charge is 0.291 e. The van der Waals surface area contributed by atoms with E-state index in [2.05, 4.69) is 4.79 Å². The first kappa shape index (κ1) is 10.8. The highest BCUT2D eigenvalue weighted by Crippen LogP contribution is 2.20. The van der Waals surface area contributed by atoms with Crippen molar-refractivity contribution in [3.05, 3.63) is 46.1 Å². The molecule has 1 rings (SSSR count). The molecule has 0 heterocycles. The van der Waals surface area contributed by atoms with Crippen LogP contribution in [0.1, 0.15) is 5.56 Å². The van der Waals surface area contributed by atoms with Crippen LogP contribution in [-0.4, -0.2) is 11.0 Å². The SMILES string of the molecule is [N-]=[N+]=Cc1ccccc1O/C(Cl)=C\Cl. The molecule has 0 aliphatic rings. The minimum atomic E-state index is 0.0467. The lowest BCUT2D eigenvalue weighted by Gasteiger charge is -2.03. The van der Waals surface area contributed by atoms with E-state index in [1.807, 2.05) is 0 Å². The van der Waals surface area contributed by atoms with Crippen molar-refractivity contribution < 1.29 is 9.53 Å². The van der Waals surface area contributed by atoms with Gasteiger partial charge in [0.2, 0.25) is 5.22 Å². The molecule has 0 atom stereocenters. The second-order valence-electron chi connectivity index (χ2n) is 2.30.